The van der Waals surface area contributed by atoms with Gasteiger partial charge in [-0.15, -0.1) is 0 Å². The summed E-state index contributed by atoms with van der Waals surface area (Å²) >= 11 is 3.40. The van der Waals surface area contributed by atoms with Crippen molar-refractivity contribution in [2.24, 2.45) is 0 Å². The van der Waals surface area contributed by atoms with Crippen molar-refractivity contribution in [3.8, 4) is 5.75 Å². The van der Waals surface area contributed by atoms with E-state index in [1.807, 2.05) is 24.3 Å². The molecule has 0 saturated carbocycles. The maximum atomic E-state index is 11.8. The van der Waals surface area contributed by atoms with Crippen LogP contribution < -0.4 is 15.4 Å². The molecule has 0 aromatic heterocycles. The number of nitrogens with one attached hydrogen (secondary N) is 2. The first-order valence-electron chi connectivity index (χ1n) is 6.61. The van der Waals surface area contributed by atoms with E-state index in [-0.39, 0.29) is 6.03 Å². The molecule has 0 aliphatic carbocycles. The standard InChI is InChI=1S/C16H17BrN2O2/c1-21-15-8-6-14(7-9-15)19-16(20)18-11-10-12-2-4-13(17)5-3-12/h2-9H,10-11H2,1H3,(H2,18,19,20). The van der Waals surface area contributed by atoms with E-state index in [1.54, 1.807) is 31.4 Å². The summed E-state index contributed by atoms with van der Waals surface area (Å²) in [5.74, 6) is 0.760. The van der Waals surface area contributed by atoms with Gasteiger partial charge in [-0.3, -0.25) is 0 Å². The highest BCUT2D eigenvalue weighted by Crippen LogP contribution is 2.14. The zero-order valence-electron chi connectivity index (χ0n) is 11.7. The van der Waals surface area contributed by atoms with Gasteiger partial charge in [-0.1, -0.05) is 28.1 Å². The number of carbonyl (C=O) groups is 1. The Morgan fingerprint density at radius 1 is 1.10 bits per heavy atom. The van der Waals surface area contributed by atoms with E-state index in [0.717, 1.165) is 22.3 Å². The molecule has 2 aromatic carbocycles. The molecule has 0 saturated heterocycles. The van der Waals surface area contributed by atoms with Gasteiger partial charge >= 0.3 is 6.03 Å². The molecule has 0 aliphatic rings. The number of hydrogen-bond donors (Lipinski definition) is 2. The third-order valence-electron chi connectivity index (χ3n) is 2.96. The number of methoxy groups -OCH3 is 1. The minimum Gasteiger partial charge on any atom is -0.497 e. The smallest absolute Gasteiger partial charge is 0.319 e. The lowest BCUT2D eigenvalue weighted by Gasteiger charge is -2.08. The Kier molecular flexibility index (Phi) is 5.63. The first-order valence-corrected chi connectivity index (χ1v) is 7.40. The van der Waals surface area contributed by atoms with E-state index < -0.39 is 0 Å². The molecule has 0 spiro atoms. The van der Waals surface area contributed by atoms with E-state index in [4.69, 9.17) is 4.74 Å². The summed E-state index contributed by atoms with van der Waals surface area (Å²) in [4.78, 5) is 11.8. The molecule has 2 N–H and O–H groups in total. The minimum absolute atomic E-state index is 0.211. The van der Waals surface area contributed by atoms with Crippen LogP contribution in [0.3, 0.4) is 0 Å². The van der Waals surface area contributed by atoms with Crippen LogP contribution in [0.2, 0.25) is 0 Å². The molecule has 2 aromatic rings. The van der Waals surface area contributed by atoms with Crippen molar-refractivity contribution >= 4 is 27.6 Å². The normalized spacial score (nSPS) is 10.0. The number of halogens is 1. The largest absolute Gasteiger partial charge is 0.497 e. The second kappa shape index (κ2) is 7.69. The van der Waals surface area contributed by atoms with Gasteiger partial charge in [-0.25, -0.2) is 4.79 Å². The lowest BCUT2D eigenvalue weighted by atomic mass is 10.1. The second-order valence-electron chi connectivity index (χ2n) is 4.49. The number of hydrogen-bond acceptors (Lipinski definition) is 2. The lowest BCUT2D eigenvalue weighted by Crippen LogP contribution is -2.30. The monoisotopic (exact) mass is 348 g/mol. The molecule has 2 rings (SSSR count). The summed E-state index contributed by atoms with van der Waals surface area (Å²) in [7, 11) is 1.61. The van der Waals surface area contributed by atoms with Crippen LogP contribution in [0, 0.1) is 0 Å². The van der Waals surface area contributed by atoms with Gasteiger partial charge in [0.25, 0.3) is 0 Å². The molecule has 21 heavy (non-hydrogen) atoms. The van der Waals surface area contributed by atoms with Crippen molar-refractivity contribution in [3.63, 3.8) is 0 Å². The molecular weight excluding hydrogens is 332 g/mol. The molecule has 0 atom stereocenters. The fraction of sp³-hybridized carbons (Fsp3) is 0.188. The summed E-state index contributed by atoms with van der Waals surface area (Å²) in [6, 6.07) is 15.0. The molecule has 0 fully saturated rings. The van der Waals surface area contributed by atoms with Crippen LogP contribution in [-0.2, 0) is 6.42 Å². The first kappa shape index (κ1) is 15.4. The molecule has 110 valence electrons. The number of urea groups is 1. The topological polar surface area (TPSA) is 50.4 Å². The van der Waals surface area contributed by atoms with Crippen molar-refractivity contribution in [2.45, 2.75) is 6.42 Å². The zero-order valence-corrected chi connectivity index (χ0v) is 13.3. The minimum atomic E-state index is -0.211. The van der Waals surface area contributed by atoms with Crippen LogP contribution in [0.1, 0.15) is 5.56 Å². The molecule has 0 aliphatic heterocycles. The van der Waals surface area contributed by atoms with Gasteiger partial charge < -0.3 is 15.4 Å². The van der Waals surface area contributed by atoms with Crippen LogP contribution in [0.5, 0.6) is 5.75 Å². The Labute approximate surface area is 132 Å². The average molecular weight is 349 g/mol. The van der Waals surface area contributed by atoms with Crippen molar-refractivity contribution in [3.05, 3.63) is 58.6 Å². The SMILES string of the molecule is COc1ccc(NC(=O)NCCc2ccc(Br)cc2)cc1. The third-order valence-corrected chi connectivity index (χ3v) is 3.49. The van der Waals surface area contributed by atoms with Gasteiger partial charge in [0.2, 0.25) is 0 Å². The van der Waals surface area contributed by atoms with E-state index in [9.17, 15) is 4.79 Å². The number of amides is 2. The Morgan fingerprint density at radius 3 is 2.38 bits per heavy atom. The van der Waals surface area contributed by atoms with Gasteiger partial charge in [0.15, 0.2) is 0 Å². The van der Waals surface area contributed by atoms with Crippen molar-refractivity contribution in [1.82, 2.24) is 5.32 Å². The van der Waals surface area contributed by atoms with E-state index in [2.05, 4.69) is 26.6 Å². The maximum absolute atomic E-state index is 11.8. The summed E-state index contributed by atoms with van der Waals surface area (Å²) in [5, 5.41) is 5.61. The van der Waals surface area contributed by atoms with Crippen molar-refractivity contribution in [2.75, 3.05) is 19.0 Å². The number of carbonyl (C=O) groups excluding carboxylic acids is 1. The highest BCUT2D eigenvalue weighted by atomic mass is 79.9. The van der Waals surface area contributed by atoms with E-state index >= 15 is 0 Å². The quantitative estimate of drug-likeness (QED) is 0.862. The molecule has 0 unspecified atom stereocenters. The van der Waals surface area contributed by atoms with Crippen molar-refractivity contribution < 1.29 is 9.53 Å². The molecular formula is C16H17BrN2O2. The van der Waals surface area contributed by atoms with E-state index in [1.165, 1.54) is 5.56 Å². The zero-order chi connectivity index (χ0) is 15.1. The van der Waals surface area contributed by atoms with Crippen LogP contribution >= 0.6 is 15.9 Å². The van der Waals surface area contributed by atoms with Gasteiger partial charge in [-0.2, -0.15) is 0 Å². The Balaban J connectivity index is 1.75. The molecule has 5 heteroatoms. The van der Waals surface area contributed by atoms with Crippen molar-refractivity contribution in [1.29, 1.82) is 0 Å². The van der Waals surface area contributed by atoms with Gasteiger partial charge in [0, 0.05) is 16.7 Å². The highest BCUT2D eigenvalue weighted by Gasteiger charge is 2.01. The highest BCUT2D eigenvalue weighted by molar-refractivity contribution is 9.10. The number of anilines is 1. The predicted molar refractivity (Wildman–Crippen MR) is 87.9 cm³/mol. The van der Waals surface area contributed by atoms with Gasteiger partial charge in [0.05, 0.1) is 7.11 Å². The average Bonchev–Trinajstić information content (AvgIpc) is 2.50. The summed E-state index contributed by atoms with van der Waals surface area (Å²) in [6.45, 7) is 0.587. The maximum Gasteiger partial charge on any atom is 0.319 e. The Bertz CT molecular complexity index is 582. The summed E-state index contributed by atoms with van der Waals surface area (Å²) in [6.07, 6.45) is 0.795. The number of ether oxygens (including phenoxy) is 1. The fourth-order valence-electron chi connectivity index (χ4n) is 1.82. The Morgan fingerprint density at radius 2 is 1.76 bits per heavy atom. The van der Waals surface area contributed by atoms with Crippen LogP contribution in [0.4, 0.5) is 10.5 Å². The lowest BCUT2D eigenvalue weighted by molar-refractivity contribution is 0.252. The summed E-state index contributed by atoms with van der Waals surface area (Å²) < 4.78 is 6.12. The molecule has 0 radical (unpaired) electrons. The van der Waals surface area contributed by atoms with Crippen LogP contribution in [0.15, 0.2) is 53.0 Å². The summed E-state index contributed by atoms with van der Waals surface area (Å²) in [5.41, 5.74) is 1.92. The predicted octanol–water partition coefficient (Wildman–Crippen LogP) is 3.82. The van der Waals surface area contributed by atoms with Crippen LogP contribution in [-0.4, -0.2) is 19.7 Å². The van der Waals surface area contributed by atoms with Crippen LogP contribution in [0.25, 0.3) is 0 Å². The third kappa shape index (κ3) is 5.11. The van der Waals surface area contributed by atoms with Gasteiger partial charge in [-0.05, 0) is 48.4 Å². The number of benzene rings is 2. The molecule has 4 nitrogen and oxygen atoms in total. The first-order chi connectivity index (χ1) is 10.2. The fourth-order valence-corrected chi connectivity index (χ4v) is 2.09. The molecule has 2 amide bonds. The Hall–Kier alpha value is -2.01. The number of rotatable bonds is 5. The van der Waals surface area contributed by atoms with Gasteiger partial charge in [0.1, 0.15) is 5.75 Å². The molecule has 0 bridgehead atoms. The second-order valence-corrected chi connectivity index (χ2v) is 5.40. The van der Waals surface area contributed by atoms with E-state index in [0.29, 0.717) is 6.54 Å². The molecule has 0 heterocycles.